The fourth-order valence-corrected chi connectivity index (χ4v) is 3.15. The third-order valence-electron chi connectivity index (χ3n) is 3.87. The van der Waals surface area contributed by atoms with Gasteiger partial charge in [0.15, 0.2) is 6.10 Å². The summed E-state index contributed by atoms with van der Waals surface area (Å²) >= 11 is 3.43. The van der Waals surface area contributed by atoms with E-state index in [1.165, 1.54) is 0 Å². The topological polar surface area (TPSA) is 76.7 Å². The van der Waals surface area contributed by atoms with E-state index in [2.05, 4.69) is 33.4 Å². The lowest BCUT2D eigenvalue weighted by Gasteiger charge is -2.18. The molecule has 0 aliphatic heterocycles. The fraction of sp³-hybridized carbons (Fsp3) is 0.238. The number of hydrazine groups is 1. The molecule has 2 rings (SSSR count). The average molecular weight is 447 g/mol. The van der Waals surface area contributed by atoms with Crippen LogP contribution in [0.3, 0.4) is 0 Å². The summed E-state index contributed by atoms with van der Waals surface area (Å²) in [6.45, 7) is 9.39. The Balaban J connectivity index is 1.90. The zero-order chi connectivity index (χ0) is 20.7. The molecule has 1 atom stereocenters. The molecule has 148 valence electrons. The number of nitrogens with one attached hydrogen (secondary N) is 2. The third-order valence-corrected chi connectivity index (χ3v) is 4.33. The normalized spacial score (nSPS) is 11.3. The lowest BCUT2D eigenvalue weighted by molar-refractivity contribution is -0.128. The van der Waals surface area contributed by atoms with Crippen LogP contribution < -0.4 is 20.3 Å². The lowest BCUT2D eigenvalue weighted by atomic mass is 10.1. The summed E-state index contributed by atoms with van der Waals surface area (Å²) in [7, 11) is 0. The number of rotatable bonds is 7. The van der Waals surface area contributed by atoms with E-state index in [0.29, 0.717) is 23.7 Å². The van der Waals surface area contributed by atoms with Crippen molar-refractivity contribution in [3.8, 4) is 11.5 Å². The first-order valence-electron chi connectivity index (χ1n) is 8.69. The number of ether oxygens (including phenoxy) is 2. The summed E-state index contributed by atoms with van der Waals surface area (Å²) in [6.07, 6.45) is 0.852. The Morgan fingerprint density at radius 2 is 1.75 bits per heavy atom. The van der Waals surface area contributed by atoms with E-state index in [1.807, 2.05) is 26.0 Å². The summed E-state index contributed by atoms with van der Waals surface area (Å²) in [5.41, 5.74) is 6.98. The zero-order valence-electron chi connectivity index (χ0n) is 16.0. The maximum atomic E-state index is 12.3. The van der Waals surface area contributed by atoms with Gasteiger partial charge in [-0.2, -0.15) is 0 Å². The summed E-state index contributed by atoms with van der Waals surface area (Å²) in [5.74, 6) is 0.378. The van der Waals surface area contributed by atoms with Crippen molar-refractivity contribution in [1.82, 2.24) is 10.9 Å². The van der Waals surface area contributed by atoms with Gasteiger partial charge in [0.05, 0.1) is 0 Å². The molecule has 0 aliphatic carbocycles. The Morgan fingerprint density at radius 3 is 2.32 bits per heavy atom. The second kappa shape index (κ2) is 9.94. The van der Waals surface area contributed by atoms with Crippen molar-refractivity contribution in [3.05, 3.63) is 70.2 Å². The monoisotopic (exact) mass is 446 g/mol. The molecule has 2 aromatic rings. The Hall–Kier alpha value is -2.80. The maximum absolute atomic E-state index is 12.3. The maximum Gasteiger partial charge on any atom is 0.279 e. The summed E-state index contributed by atoms with van der Waals surface area (Å²) in [4.78, 5) is 24.4. The number of carbonyl (C=O) groups is 2. The molecule has 0 heterocycles. The second-order valence-electron chi connectivity index (χ2n) is 6.20. The molecule has 2 aromatic carbocycles. The minimum absolute atomic E-state index is 0.386. The minimum Gasteiger partial charge on any atom is -0.490 e. The van der Waals surface area contributed by atoms with Crippen molar-refractivity contribution in [2.45, 2.75) is 26.9 Å². The van der Waals surface area contributed by atoms with Crippen LogP contribution in [0.5, 0.6) is 11.5 Å². The SMILES string of the molecule is C=CCOc1ccc(C(=O)NNC(=O)C(C)Oc2c(C)cc(Br)cc2C)cc1. The first kappa shape index (κ1) is 21.5. The van der Waals surface area contributed by atoms with E-state index < -0.39 is 17.9 Å². The quantitative estimate of drug-likeness (QED) is 0.499. The molecule has 2 amide bonds. The van der Waals surface area contributed by atoms with E-state index >= 15 is 0 Å². The van der Waals surface area contributed by atoms with E-state index in [0.717, 1.165) is 15.6 Å². The predicted octanol–water partition coefficient (Wildman–Crippen LogP) is 3.86. The van der Waals surface area contributed by atoms with Gasteiger partial charge in [-0.05, 0) is 68.3 Å². The number of benzene rings is 2. The van der Waals surface area contributed by atoms with E-state index in [9.17, 15) is 9.59 Å². The molecule has 0 bridgehead atoms. The van der Waals surface area contributed by atoms with Crippen LogP contribution in [-0.4, -0.2) is 24.5 Å². The number of hydrogen-bond acceptors (Lipinski definition) is 4. The van der Waals surface area contributed by atoms with Crippen LogP contribution in [0.25, 0.3) is 0 Å². The van der Waals surface area contributed by atoms with Gasteiger partial charge in [0.2, 0.25) is 0 Å². The van der Waals surface area contributed by atoms with Crippen LogP contribution in [0.15, 0.2) is 53.5 Å². The van der Waals surface area contributed by atoms with Crippen LogP contribution in [-0.2, 0) is 4.79 Å². The van der Waals surface area contributed by atoms with Gasteiger partial charge in [0, 0.05) is 10.0 Å². The highest BCUT2D eigenvalue weighted by atomic mass is 79.9. The van der Waals surface area contributed by atoms with E-state index in [4.69, 9.17) is 9.47 Å². The minimum atomic E-state index is -0.784. The molecule has 0 saturated heterocycles. The standard InChI is InChI=1S/C21H23BrN2O4/c1-5-10-27-18-8-6-16(7-9-18)21(26)24-23-20(25)15(4)28-19-13(2)11-17(22)12-14(19)3/h5-9,11-12,15H,1,10H2,2-4H3,(H,23,25)(H,24,26). The molecule has 6 nitrogen and oxygen atoms in total. The Kier molecular flexibility index (Phi) is 7.63. The van der Waals surface area contributed by atoms with Gasteiger partial charge in [0.1, 0.15) is 18.1 Å². The largest absolute Gasteiger partial charge is 0.490 e. The van der Waals surface area contributed by atoms with E-state index in [1.54, 1.807) is 37.3 Å². The van der Waals surface area contributed by atoms with Crippen LogP contribution in [0.2, 0.25) is 0 Å². The number of aryl methyl sites for hydroxylation is 2. The van der Waals surface area contributed by atoms with Gasteiger partial charge < -0.3 is 9.47 Å². The third kappa shape index (κ3) is 5.85. The fourth-order valence-electron chi connectivity index (χ4n) is 2.46. The van der Waals surface area contributed by atoms with Gasteiger partial charge in [-0.1, -0.05) is 28.6 Å². The van der Waals surface area contributed by atoms with Crippen molar-refractivity contribution < 1.29 is 19.1 Å². The van der Waals surface area contributed by atoms with Crippen molar-refractivity contribution in [1.29, 1.82) is 0 Å². The van der Waals surface area contributed by atoms with Crippen molar-refractivity contribution >= 4 is 27.7 Å². The highest BCUT2D eigenvalue weighted by Crippen LogP contribution is 2.28. The summed E-state index contributed by atoms with van der Waals surface area (Å²) < 4.78 is 12.1. The summed E-state index contributed by atoms with van der Waals surface area (Å²) in [5, 5.41) is 0. The highest BCUT2D eigenvalue weighted by Gasteiger charge is 2.18. The molecule has 0 spiro atoms. The molecule has 0 fully saturated rings. The number of hydrogen-bond donors (Lipinski definition) is 2. The number of carbonyl (C=O) groups excluding carboxylic acids is 2. The first-order chi connectivity index (χ1) is 13.3. The number of halogens is 1. The van der Waals surface area contributed by atoms with Crippen LogP contribution >= 0.6 is 15.9 Å². The van der Waals surface area contributed by atoms with Gasteiger partial charge in [-0.25, -0.2) is 0 Å². The van der Waals surface area contributed by atoms with Gasteiger partial charge in [-0.15, -0.1) is 0 Å². The van der Waals surface area contributed by atoms with Crippen LogP contribution in [0.4, 0.5) is 0 Å². The Labute approximate surface area is 173 Å². The van der Waals surface area contributed by atoms with Crippen molar-refractivity contribution in [2.24, 2.45) is 0 Å². The van der Waals surface area contributed by atoms with Crippen LogP contribution in [0.1, 0.15) is 28.4 Å². The predicted molar refractivity (Wildman–Crippen MR) is 111 cm³/mol. The van der Waals surface area contributed by atoms with Gasteiger partial charge in [0.25, 0.3) is 11.8 Å². The molecule has 0 saturated carbocycles. The molecule has 7 heteroatoms. The van der Waals surface area contributed by atoms with Crippen molar-refractivity contribution in [2.75, 3.05) is 6.61 Å². The molecular weight excluding hydrogens is 424 g/mol. The smallest absolute Gasteiger partial charge is 0.279 e. The van der Waals surface area contributed by atoms with Crippen LogP contribution in [0, 0.1) is 13.8 Å². The van der Waals surface area contributed by atoms with Crippen molar-refractivity contribution in [3.63, 3.8) is 0 Å². The van der Waals surface area contributed by atoms with Gasteiger partial charge in [-0.3, -0.25) is 20.4 Å². The Bertz CT molecular complexity index is 842. The lowest BCUT2D eigenvalue weighted by Crippen LogP contribution is -2.47. The first-order valence-corrected chi connectivity index (χ1v) is 9.48. The molecule has 2 N–H and O–H groups in total. The molecule has 0 radical (unpaired) electrons. The molecule has 0 aromatic heterocycles. The van der Waals surface area contributed by atoms with E-state index in [-0.39, 0.29) is 0 Å². The highest BCUT2D eigenvalue weighted by molar-refractivity contribution is 9.10. The Morgan fingerprint density at radius 1 is 1.14 bits per heavy atom. The summed E-state index contributed by atoms with van der Waals surface area (Å²) in [6, 6.07) is 10.4. The van der Waals surface area contributed by atoms with Gasteiger partial charge >= 0.3 is 0 Å². The number of amides is 2. The average Bonchev–Trinajstić information content (AvgIpc) is 2.67. The molecule has 1 unspecified atom stereocenters. The molecular formula is C21H23BrN2O4. The zero-order valence-corrected chi connectivity index (χ0v) is 17.6. The second-order valence-corrected chi connectivity index (χ2v) is 7.11. The molecule has 28 heavy (non-hydrogen) atoms. The molecule has 0 aliphatic rings.